The summed E-state index contributed by atoms with van der Waals surface area (Å²) in [7, 11) is -3.47. The van der Waals surface area contributed by atoms with E-state index >= 15 is 0 Å². The van der Waals surface area contributed by atoms with E-state index in [-0.39, 0.29) is 4.90 Å². The molecule has 2 N–H and O–H groups in total. The first-order valence-electron chi connectivity index (χ1n) is 10.4. The monoisotopic (exact) mass is 440 g/mol. The number of anilines is 1. The fraction of sp³-hybridized carbons (Fsp3) is 0.650. The van der Waals surface area contributed by atoms with E-state index in [1.165, 1.54) is 23.6 Å². The molecule has 2 heterocycles. The number of nitrogens with zero attached hydrogens (tertiary/aromatic N) is 2. The van der Waals surface area contributed by atoms with Crippen LogP contribution in [0.2, 0.25) is 0 Å². The number of nitrogens with one attached hydrogen (secondary N) is 2. The van der Waals surface area contributed by atoms with Crippen LogP contribution >= 0.6 is 12.2 Å². The molecule has 0 spiro atoms. The Morgan fingerprint density at radius 2 is 1.90 bits per heavy atom. The van der Waals surface area contributed by atoms with Crippen LogP contribution in [0.1, 0.15) is 33.1 Å². The van der Waals surface area contributed by atoms with Crippen molar-refractivity contribution in [2.75, 3.05) is 44.7 Å². The molecule has 29 heavy (non-hydrogen) atoms. The van der Waals surface area contributed by atoms with Crippen molar-refractivity contribution in [3.63, 3.8) is 0 Å². The van der Waals surface area contributed by atoms with Crippen molar-refractivity contribution >= 4 is 33.0 Å². The molecule has 3 rings (SSSR count). The Labute approximate surface area is 179 Å². The predicted molar refractivity (Wildman–Crippen MR) is 120 cm³/mol. The van der Waals surface area contributed by atoms with Crippen LogP contribution in [0, 0.1) is 0 Å². The summed E-state index contributed by atoms with van der Waals surface area (Å²) >= 11 is 5.41. The van der Waals surface area contributed by atoms with Gasteiger partial charge in [-0.2, -0.15) is 4.31 Å². The molecule has 162 valence electrons. The minimum Gasteiger partial charge on any atom is -0.379 e. The highest BCUT2D eigenvalue weighted by Gasteiger charge is 2.26. The van der Waals surface area contributed by atoms with Gasteiger partial charge >= 0.3 is 0 Å². The maximum Gasteiger partial charge on any atom is 0.243 e. The van der Waals surface area contributed by atoms with Gasteiger partial charge in [0.15, 0.2) is 5.11 Å². The van der Waals surface area contributed by atoms with Crippen molar-refractivity contribution < 1.29 is 13.2 Å². The second kappa shape index (κ2) is 10.2. The highest BCUT2D eigenvalue weighted by atomic mass is 32.2. The number of piperidine rings is 1. The molecule has 2 saturated heterocycles. The van der Waals surface area contributed by atoms with E-state index in [1.807, 2.05) is 0 Å². The molecule has 9 heteroatoms. The van der Waals surface area contributed by atoms with E-state index in [1.54, 1.807) is 24.3 Å². The van der Waals surface area contributed by atoms with Crippen LogP contribution in [0.15, 0.2) is 29.2 Å². The van der Waals surface area contributed by atoms with E-state index in [9.17, 15) is 8.42 Å². The minimum atomic E-state index is -3.47. The zero-order chi connectivity index (χ0) is 20.9. The Morgan fingerprint density at radius 1 is 1.21 bits per heavy atom. The number of benzene rings is 1. The van der Waals surface area contributed by atoms with E-state index < -0.39 is 10.0 Å². The number of morpholine rings is 1. The Kier molecular flexibility index (Phi) is 7.86. The van der Waals surface area contributed by atoms with Gasteiger partial charge in [-0.1, -0.05) is 6.42 Å². The minimum absolute atomic E-state index is 0.288. The summed E-state index contributed by atoms with van der Waals surface area (Å²) in [6, 6.07) is 7.75. The lowest BCUT2D eigenvalue weighted by molar-refractivity contribution is 0.0730. The number of ether oxygens (including phenoxy) is 1. The molecular weight excluding hydrogens is 408 g/mol. The Bertz CT molecular complexity index is 779. The molecule has 2 aliphatic heterocycles. The average Bonchev–Trinajstić information content (AvgIpc) is 2.73. The predicted octanol–water partition coefficient (Wildman–Crippen LogP) is 2.26. The number of hydrogen-bond acceptors (Lipinski definition) is 5. The SMILES string of the molecule is CC1CCCCN1C(C)CNC(=S)Nc1ccc(S(=O)(=O)N2CCOCC2)cc1. The fourth-order valence-electron chi connectivity index (χ4n) is 3.95. The summed E-state index contributed by atoms with van der Waals surface area (Å²) in [5, 5.41) is 6.97. The zero-order valence-electron chi connectivity index (χ0n) is 17.3. The van der Waals surface area contributed by atoms with Gasteiger partial charge in [0.1, 0.15) is 0 Å². The van der Waals surface area contributed by atoms with Gasteiger partial charge in [0.05, 0.1) is 18.1 Å². The molecule has 0 bridgehead atoms. The first kappa shape index (κ1) is 22.4. The van der Waals surface area contributed by atoms with E-state index in [0.29, 0.717) is 43.5 Å². The summed E-state index contributed by atoms with van der Waals surface area (Å²) in [5.41, 5.74) is 0.766. The van der Waals surface area contributed by atoms with Crippen LogP contribution in [-0.2, 0) is 14.8 Å². The van der Waals surface area contributed by atoms with Crippen LogP contribution in [0.25, 0.3) is 0 Å². The molecule has 2 fully saturated rings. The number of sulfonamides is 1. The van der Waals surface area contributed by atoms with Gasteiger partial charge in [-0.05, 0) is 69.7 Å². The lowest BCUT2D eigenvalue weighted by atomic mass is 10.0. The Balaban J connectivity index is 1.50. The molecule has 2 atom stereocenters. The Morgan fingerprint density at radius 3 is 2.55 bits per heavy atom. The number of likely N-dealkylation sites (tertiary alicyclic amines) is 1. The van der Waals surface area contributed by atoms with E-state index in [4.69, 9.17) is 17.0 Å². The third-order valence-electron chi connectivity index (χ3n) is 5.70. The smallest absolute Gasteiger partial charge is 0.243 e. The number of hydrogen-bond donors (Lipinski definition) is 2. The average molecular weight is 441 g/mol. The van der Waals surface area contributed by atoms with E-state index in [0.717, 1.165) is 18.8 Å². The second-order valence-corrected chi connectivity index (χ2v) is 10.2. The molecule has 7 nitrogen and oxygen atoms in total. The molecule has 0 aliphatic carbocycles. The summed E-state index contributed by atoms with van der Waals surface area (Å²) < 4.78 is 32.1. The first-order valence-corrected chi connectivity index (χ1v) is 12.2. The van der Waals surface area contributed by atoms with Crippen molar-refractivity contribution in [2.45, 2.75) is 50.1 Å². The van der Waals surface area contributed by atoms with Crippen LogP contribution in [-0.4, -0.2) is 74.2 Å². The quantitative estimate of drug-likeness (QED) is 0.657. The van der Waals surface area contributed by atoms with Crippen molar-refractivity contribution in [2.24, 2.45) is 0 Å². The van der Waals surface area contributed by atoms with Crippen LogP contribution in [0.5, 0.6) is 0 Å². The van der Waals surface area contributed by atoms with Gasteiger partial charge in [-0.3, -0.25) is 4.90 Å². The molecule has 2 unspecified atom stereocenters. The molecule has 0 amide bonds. The summed E-state index contributed by atoms with van der Waals surface area (Å²) in [6.45, 7) is 8.10. The fourth-order valence-corrected chi connectivity index (χ4v) is 5.56. The van der Waals surface area contributed by atoms with Gasteiger partial charge in [0.25, 0.3) is 0 Å². The normalized spacial score (nSPS) is 22.8. The highest BCUT2D eigenvalue weighted by Crippen LogP contribution is 2.20. The van der Waals surface area contributed by atoms with Gasteiger partial charge in [0.2, 0.25) is 10.0 Å². The molecular formula is C20H32N4O3S2. The standard InChI is InChI=1S/C20H32N4O3S2/c1-16-5-3-4-10-24(16)17(2)15-21-20(28)22-18-6-8-19(9-7-18)29(25,26)23-11-13-27-14-12-23/h6-9,16-17H,3-5,10-15H2,1-2H3,(H2,21,22,28). The van der Waals surface area contributed by atoms with Crippen molar-refractivity contribution in [3.05, 3.63) is 24.3 Å². The first-order chi connectivity index (χ1) is 13.9. The van der Waals surface area contributed by atoms with Crippen molar-refractivity contribution in [3.8, 4) is 0 Å². The second-order valence-electron chi connectivity index (χ2n) is 7.81. The maximum atomic E-state index is 12.7. The van der Waals surface area contributed by atoms with Crippen LogP contribution in [0.4, 0.5) is 5.69 Å². The third kappa shape index (κ3) is 5.88. The van der Waals surface area contributed by atoms with Crippen molar-refractivity contribution in [1.29, 1.82) is 0 Å². The molecule has 0 radical (unpaired) electrons. The van der Waals surface area contributed by atoms with Crippen LogP contribution < -0.4 is 10.6 Å². The summed E-state index contributed by atoms with van der Waals surface area (Å²) in [5.74, 6) is 0. The largest absolute Gasteiger partial charge is 0.379 e. The summed E-state index contributed by atoms with van der Waals surface area (Å²) in [6.07, 6.45) is 3.83. The van der Waals surface area contributed by atoms with Crippen molar-refractivity contribution in [1.82, 2.24) is 14.5 Å². The number of rotatable bonds is 6. The van der Waals surface area contributed by atoms with Gasteiger partial charge < -0.3 is 15.4 Å². The summed E-state index contributed by atoms with van der Waals surface area (Å²) in [4.78, 5) is 2.82. The lowest BCUT2D eigenvalue weighted by Gasteiger charge is -2.38. The molecule has 0 saturated carbocycles. The molecule has 1 aromatic rings. The number of thiocarbonyl (C=S) groups is 1. The third-order valence-corrected chi connectivity index (χ3v) is 7.86. The van der Waals surface area contributed by atoms with Gasteiger partial charge in [0, 0.05) is 37.4 Å². The highest BCUT2D eigenvalue weighted by molar-refractivity contribution is 7.89. The molecule has 0 aromatic heterocycles. The topological polar surface area (TPSA) is 73.9 Å². The zero-order valence-corrected chi connectivity index (χ0v) is 18.9. The van der Waals surface area contributed by atoms with Crippen LogP contribution in [0.3, 0.4) is 0 Å². The Hall–Kier alpha value is -1.26. The molecule has 1 aromatic carbocycles. The van der Waals surface area contributed by atoms with Gasteiger partial charge in [-0.15, -0.1) is 0 Å². The maximum absolute atomic E-state index is 12.7. The lowest BCUT2D eigenvalue weighted by Crippen LogP contribution is -2.48. The van der Waals surface area contributed by atoms with E-state index in [2.05, 4.69) is 29.4 Å². The molecule has 2 aliphatic rings. The van der Waals surface area contributed by atoms with Gasteiger partial charge in [-0.25, -0.2) is 8.42 Å².